The van der Waals surface area contributed by atoms with Gasteiger partial charge in [-0.3, -0.25) is 10.1 Å². The number of rotatable bonds is 2. The number of alkyl halides is 2. The maximum absolute atomic E-state index is 12.7. The third-order valence-electron chi connectivity index (χ3n) is 1.40. The smallest absolute Gasteiger partial charge is 0.258 e. The second kappa shape index (κ2) is 3.91. The summed E-state index contributed by atoms with van der Waals surface area (Å²) in [7, 11) is 0. The van der Waals surface area contributed by atoms with Gasteiger partial charge in [-0.15, -0.1) is 0 Å². The van der Waals surface area contributed by atoms with Crippen LogP contribution >= 0.6 is 15.9 Å². The molecule has 0 saturated carbocycles. The fourth-order valence-electron chi connectivity index (χ4n) is 0.786. The van der Waals surface area contributed by atoms with Crippen LogP contribution in [0.2, 0.25) is 0 Å². The molecule has 1 aromatic rings. The number of hydrogen-bond acceptors (Lipinski definition) is 3. The van der Waals surface area contributed by atoms with Crippen molar-refractivity contribution in [3.63, 3.8) is 0 Å². The van der Waals surface area contributed by atoms with Gasteiger partial charge in [-0.1, -0.05) is 0 Å². The number of nitro groups is 1. The lowest BCUT2D eigenvalue weighted by atomic mass is 10.2. The van der Waals surface area contributed by atoms with Crippen LogP contribution in [-0.4, -0.2) is 9.91 Å². The van der Waals surface area contributed by atoms with E-state index in [1.54, 1.807) is 0 Å². The lowest BCUT2D eigenvalue weighted by molar-refractivity contribution is -0.386. The summed E-state index contributed by atoms with van der Waals surface area (Å²) in [4.78, 5) is 12.2. The van der Waals surface area contributed by atoms with Crippen molar-refractivity contribution in [3.8, 4) is 0 Å². The molecule has 0 spiro atoms. The second-order valence-electron chi connectivity index (χ2n) is 2.22. The zero-order valence-corrected chi connectivity index (χ0v) is 7.96. The van der Waals surface area contributed by atoms with E-state index < -0.39 is 33.0 Å². The topological polar surface area (TPSA) is 56.0 Å². The van der Waals surface area contributed by atoms with Crippen molar-refractivity contribution in [3.05, 3.63) is 32.3 Å². The van der Waals surface area contributed by atoms with E-state index in [1.165, 1.54) is 0 Å². The molecule has 1 heterocycles. The monoisotopic (exact) mass is 270 g/mol. The molecule has 0 aliphatic rings. The van der Waals surface area contributed by atoms with Gasteiger partial charge in [0.05, 0.1) is 10.5 Å². The third-order valence-corrected chi connectivity index (χ3v) is 2.23. The number of halogens is 4. The Hall–Kier alpha value is -1.18. The Balaban J connectivity index is 3.41. The van der Waals surface area contributed by atoms with Crippen LogP contribution in [0.1, 0.15) is 12.0 Å². The molecule has 1 aromatic heterocycles. The highest BCUT2D eigenvalue weighted by molar-refractivity contribution is 9.10. The summed E-state index contributed by atoms with van der Waals surface area (Å²) in [5, 5.41) is 10.3. The number of aromatic nitrogens is 1. The van der Waals surface area contributed by atoms with Gasteiger partial charge in [-0.2, -0.15) is 4.39 Å². The first-order chi connectivity index (χ1) is 6.45. The third kappa shape index (κ3) is 1.84. The van der Waals surface area contributed by atoms with Crippen LogP contribution in [0.5, 0.6) is 0 Å². The highest BCUT2D eigenvalue weighted by atomic mass is 79.9. The Morgan fingerprint density at radius 1 is 1.57 bits per heavy atom. The quantitative estimate of drug-likeness (QED) is 0.472. The zero-order valence-electron chi connectivity index (χ0n) is 6.38. The Bertz CT molecular complexity index is 386. The molecule has 0 bridgehead atoms. The second-order valence-corrected chi connectivity index (χ2v) is 3.01. The molecule has 8 heteroatoms. The Morgan fingerprint density at radius 2 is 2.14 bits per heavy atom. The fourth-order valence-corrected chi connectivity index (χ4v) is 1.37. The highest BCUT2D eigenvalue weighted by Crippen LogP contribution is 2.34. The van der Waals surface area contributed by atoms with Gasteiger partial charge in [0, 0.05) is 0 Å². The van der Waals surface area contributed by atoms with Gasteiger partial charge in [0.25, 0.3) is 6.43 Å². The molecular formula is C6H2BrF3N2O2. The first-order valence-corrected chi connectivity index (χ1v) is 4.01. The van der Waals surface area contributed by atoms with Crippen molar-refractivity contribution in [1.82, 2.24) is 4.98 Å². The van der Waals surface area contributed by atoms with Crippen molar-refractivity contribution in [1.29, 1.82) is 0 Å². The van der Waals surface area contributed by atoms with Crippen molar-refractivity contribution in [2.75, 3.05) is 0 Å². The van der Waals surface area contributed by atoms with Crippen LogP contribution in [-0.2, 0) is 0 Å². The van der Waals surface area contributed by atoms with Gasteiger partial charge in [0.15, 0.2) is 0 Å². The first kappa shape index (κ1) is 10.9. The average molecular weight is 271 g/mol. The van der Waals surface area contributed by atoms with Gasteiger partial charge < -0.3 is 0 Å². The molecule has 0 saturated heterocycles. The summed E-state index contributed by atoms with van der Waals surface area (Å²) in [6, 6.07) is 0. The Kier molecular flexibility index (Phi) is 3.04. The molecular weight excluding hydrogens is 269 g/mol. The zero-order chi connectivity index (χ0) is 10.9. The summed E-state index contributed by atoms with van der Waals surface area (Å²) >= 11 is 2.53. The van der Waals surface area contributed by atoms with Gasteiger partial charge in [-0.05, 0) is 15.9 Å². The lowest BCUT2D eigenvalue weighted by Gasteiger charge is -2.03. The first-order valence-electron chi connectivity index (χ1n) is 3.21. The molecule has 0 fully saturated rings. The normalized spacial score (nSPS) is 10.6. The number of nitrogens with zero attached hydrogens (tertiary/aromatic N) is 2. The summed E-state index contributed by atoms with van der Waals surface area (Å²) in [5.74, 6) is -1.42. The molecule has 76 valence electrons. The van der Waals surface area contributed by atoms with Crippen LogP contribution in [0.15, 0.2) is 10.7 Å². The van der Waals surface area contributed by atoms with Gasteiger partial charge in [-0.25, -0.2) is 13.8 Å². The van der Waals surface area contributed by atoms with Crippen molar-refractivity contribution < 1.29 is 18.1 Å². The minimum absolute atomic E-state index is 0.575. The summed E-state index contributed by atoms with van der Waals surface area (Å²) in [6.07, 6.45) is -2.58. The molecule has 0 amide bonds. The van der Waals surface area contributed by atoms with Gasteiger partial charge in [0.2, 0.25) is 5.95 Å². The van der Waals surface area contributed by atoms with E-state index in [2.05, 4.69) is 20.9 Å². The van der Waals surface area contributed by atoms with Crippen molar-refractivity contribution in [2.24, 2.45) is 0 Å². The SMILES string of the molecule is O=[N+]([O-])c1cnc(F)c(C(F)F)c1Br. The maximum atomic E-state index is 12.7. The Labute approximate surface area is 84.0 Å². The molecule has 0 aliphatic carbocycles. The van der Waals surface area contributed by atoms with Gasteiger partial charge in [0.1, 0.15) is 10.7 Å². The predicted molar refractivity (Wildman–Crippen MR) is 43.5 cm³/mol. The summed E-state index contributed by atoms with van der Waals surface area (Å²) < 4.78 is 36.5. The predicted octanol–water partition coefficient (Wildman–Crippen LogP) is 2.83. The molecule has 0 unspecified atom stereocenters. The fraction of sp³-hybridized carbons (Fsp3) is 0.167. The van der Waals surface area contributed by atoms with Crippen LogP contribution in [0.3, 0.4) is 0 Å². The number of hydrogen-bond donors (Lipinski definition) is 0. The van der Waals surface area contributed by atoms with E-state index in [-0.39, 0.29) is 0 Å². The van der Waals surface area contributed by atoms with E-state index in [9.17, 15) is 23.3 Å². The Morgan fingerprint density at radius 3 is 2.57 bits per heavy atom. The minimum atomic E-state index is -3.16. The standard InChI is InChI=1S/C6H2BrF3N2O2/c7-4-2(12(13)14)1-11-6(10)3(4)5(8)9/h1,5H. The van der Waals surface area contributed by atoms with E-state index in [0.29, 0.717) is 6.20 Å². The van der Waals surface area contributed by atoms with Crippen LogP contribution in [0.25, 0.3) is 0 Å². The summed E-state index contributed by atoms with van der Waals surface area (Å²) in [6.45, 7) is 0. The van der Waals surface area contributed by atoms with Crippen LogP contribution < -0.4 is 0 Å². The molecule has 0 atom stereocenters. The van der Waals surface area contributed by atoms with Crippen molar-refractivity contribution in [2.45, 2.75) is 6.43 Å². The molecule has 0 aromatic carbocycles. The van der Waals surface area contributed by atoms with Crippen LogP contribution in [0.4, 0.5) is 18.9 Å². The maximum Gasteiger partial charge on any atom is 0.302 e. The minimum Gasteiger partial charge on any atom is -0.258 e. The van der Waals surface area contributed by atoms with E-state index >= 15 is 0 Å². The molecule has 0 radical (unpaired) electrons. The highest BCUT2D eigenvalue weighted by Gasteiger charge is 2.26. The molecule has 14 heavy (non-hydrogen) atoms. The van der Waals surface area contributed by atoms with Crippen LogP contribution in [0, 0.1) is 16.1 Å². The van der Waals surface area contributed by atoms with Gasteiger partial charge >= 0.3 is 5.69 Å². The van der Waals surface area contributed by atoms with E-state index in [1.807, 2.05) is 0 Å². The average Bonchev–Trinajstić information content (AvgIpc) is 2.02. The molecule has 1 rings (SSSR count). The van der Waals surface area contributed by atoms with Crippen molar-refractivity contribution >= 4 is 21.6 Å². The largest absolute Gasteiger partial charge is 0.302 e. The molecule has 0 aliphatic heterocycles. The molecule has 4 nitrogen and oxygen atoms in total. The number of pyridine rings is 1. The lowest BCUT2D eigenvalue weighted by Crippen LogP contribution is -2.00. The van der Waals surface area contributed by atoms with E-state index in [4.69, 9.17) is 0 Å². The molecule has 0 N–H and O–H groups in total. The van der Waals surface area contributed by atoms with E-state index in [0.717, 1.165) is 0 Å². The summed E-state index contributed by atoms with van der Waals surface area (Å²) in [5.41, 5.74) is -1.79.